The van der Waals surface area contributed by atoms with Gasteiger partial charge in [-0.2, -0.15) is 13.2 Å². The quantitative estimate of drug-likeness (QED) is 0.199. The smallest absolute Gasteiger partial charge is 0.416 e. The van der Waals surface area contributed by atoms with E-state index in [9.17, 15) is 23.1 Å². The predicted octanol–water partition coefficient (Wildman–Crippen LogP) is 7.21. The summed E-state index contributed by atoms with van der Waals surface area (Å²) in [4.78, 5) is 27.3. The van der Waals surface area contributed by atoms with Gasteiger partial charge in [0.05, 0.1) is 22.8 Å². The van der Waals surface area contributed by atoms with Gasteiger partial charge in [0.1, 0.15) is 22.6 Å². The average Bonchev–Trinajstić information content (AvgIpc) is 3.29. The third-order valence-corrected chi connectivity index (χ3v) is 7.55. The second-order valence-corrected chi connectivity index (χ2v) is 11.9. The number of carboxylic acids is 1. The number of aliphatic carboxylic acids is 1. The molecule has 0 spiro atoms. The maximum Gasteiger partial charge on any atom is 0.416 e. The Morgan fingerprint density at radius 3 is 2.46 bits per heavy atom. The molecule has 0 saturated heterocycles. The van der Waals surface area contributed by atoms with Gasteiger partial charge in [0.2, 0.25) is 5.88 Å². The fourth-order valence-electron chi connectivity index (χ4n) is 3.53. The third-order valence-electron chi connectivity index (χ3n) is 5.54. The van der Waals surface area contributed by atoms with Gasteiger partial charge in [-0.3, -0.25) is 4.79 Å². The largest absolute Gasteiger partial charge is 0.480 e. The standard InChI is InChI=1S/C27H25F3N4O3S2/c1-17-33-20(15-38-17)14-34(13-18-7-9-22(10-8-18)39-26(2,3)25(35)36)23-12-24(32-16-31-23)37-21-6-4-5-19(11-21)27(28,29)30/h4-12,15-16H,13-14H2,1-3H3,(H,35,36). The van der Waals surface area contributed by atoms with E-state index in [0.29, 0.717) is 18.9 Å². The van der Waals surface area contributed by atoms with Crippen molar-refractivity contribution in [2.24, 2.45) is 0 Å². The number of thiazole rings is 1. The van der Waals surface area contributed by atoms with Crippen molar-refractivity contribution in [3.05, 3.63) is 88.1 Å². The summed E-state index contributed by atoms with van der Waals surface area (Å²) in [6.07, 6.45) is -3.19. The number of thioether (sulfide) groups is 1. The van der Waals surface area contributed by atoms with Crippen LogP contribution >= 0.6 is 23.1 Å². The third kappa shape index (κ3) is 7.70. The van der Waals surface area contributed by atoms with E-state index in [1.807, 2.05) is 41.5 Å². The number of rotatable bonds is 10. The van der Waals surface area contributed by atoms with Gasteiger partial charge in [-0.25, -0.2) is 15.0 Å². The summed E-state index contributed by atoms with van der Waals surface area (Å²) < 4.78 is 44.0. The lowest BCUT2D eigenvalue weighted by Crippen LogP contribution is -2.26. The summed E-state index contributed by atoms with van der Waals surface area (Å²) in [5.74, 6) is -0.286. The molecule has 39 heavy (non-hydrogen) atoms. The molecule has 2 heterocycles. The van der Waals surface area contributed by atoms with E-state index in [1.54, 1.807) is 19.9 Å². The van der Waals surface area contributed by atoms with Crippen molar-refractivity contribution in [1.29, 1.82) is 0 Å². The van der Waals surface area contributed by atoms with Crippen LogP contribution in [0.25, 0.3) is 0 Å². The number of benzene rings is 2. The molecule has 0 aliphatic rings. The lowest BCUT2D eigenvalue weighted by Gasteiger charge is -2.24. The SMILES string of the molecule is Cc1nc(CN(Cc2ccc(SC(C)(C)C(=O)O)cc2)c2cc(Oc3cccc(C(F)(F)F)c3)ncn2)cs1. The molecule has 4 aromatic rings. The summed E-state index contributed by atoms with van der Waals surface area (Å²) in [7, 11) is 0. The molecular formula is C27H25F3N4O3S2. The van der Waals surface area contributed by atoms with E-state index < -0.39 is 22.5 Å². The van der Waals surface area contributed by atoms with E-state index >= 15 is 0 Å². The molecule has 204 valence electrons. The number of carboxylic acid groups (broad SMARTS) is 1. The van der Waals surface area contributed by atoms with Gasteiger partial charge in [-0.1, -0.05) is 18.2 Å². The highest BCUT2D eigenvalue weighted by molar-refractivity contribution is 8.01. The Morgan fingerprint density at radius 2 is 1.82 bits per heavy atom. The van der Waals surface area contributed by atoms with Crippen molar-refractivity contribution >= 4 is 34.9 Å². The monoisotopic (exact) mass is 574 g/mol. The lowest BCUT2D eigenvalue weighted by molar-refractivity contribution is -0.139. The van der Waals surface area contributed by atoms with Crippen LogP contribution in [0.1, 0.15) is 35.7 Å². The first-order valence-corrected chi connectivity index (χ1v) is 13.4. The minimum atomic E-state index is -4.49. The first-order chi connectivity index (χ1) is 18.4. The second-order valence-electron chi connectivity index (χ2n) is 9.12. The Balaban J connectivity index is 1.57. The van der Waals surface area contributed by atoms with Crippen LogP contribution in [-0.2, 0) is 24.1 Å². The number of halogens is 3. The number of hydrogen-bond donors (Lipinski definition) is 1. The van der Waals surface area contributed by atoms with E-state index in [-0.39, 0.29) is 11.6 Å². The number of alkyl halides is 3. The van der Waals surface area contributed by atoms with Gasteiger partial charge in [-0.15, -0.1) is 23.1 Å². The maximum absolute atomic E-state index is 13.1. The fraction of sp³-hybridized carbons (Fsp3) is 0.259. The summed E-state index contributed by atoms with van der Waals surface area (Å²) >= 11 is 2.79. The number of anilines is 1. The summed E-state index contributed by atoms with van der Waals surface area (Å²) in [5, 5.41) is 12.3. The molecule has 12 heteroatoms. The molecule has 0 radical (unpaired) electrons. The van der Waals surface area contributed by atoms with Crippen LogP contribution in [0.2, 0.25) is 0 Å². The molecule has 0 atom stereocenters. The van der Waals surface area contributed by atoms with Crippen LogP contribution in [0.5, 0.6) is 11.6 Å². The van der Waals surface area contributed by atoms with Gasteiger partial charge in [0.15, 0.2) is 0 Å². The number of ether oxygens (including phenoxy) is 1. The molecule has 4 rings (SSSR count). The normalized spacial score (nSPS) is 11.8. The van der Waals surface area contributed by atoms with Crippen molar-refractivity contribution in [2.75, 3.05) is 4.90 Å². The highest BCUT2D eigenvalue weighted by atomic mass is 32.2. The fourth-order valence-corrected chi connectivity index (χ4v) is 5.08. The first-order valence-electron chi connectivity index (χ1n) is 11.7. The Kier molecular flexibility index (Phi) is 8.45. The molecule has 1 N–H and O–H groups in total. The number of aromatic nitrogens is 3. The first kappa shape index (κ1) is 28.4. The molecule has 0 unspecified atom stereocenters. The van der Waals surface area contributed by atoms with Crippen molar-refractivity contribution < 1.29 is 27.8 Å². The molecule has 7 nitrogen and oxygen atoms in total. The van der Waals surface area contributed by atoms with E-state index in [1.165, 1.54) is 41.6 Å². The average molecular weight is 575 g/mol. The number of hydrogen-bond acceptors (Lipinski definition) is 8. The number of aryl methyl sites for hydroxylation is 1. The van der Waals surface area contributed by atoms with Gasteiger partial charge in [0, 0.05) is 22.9 Å². The van der Waals surface area contributed by atoms with Crippen LogP contribution in [0.4, 0.5) is 19.0 Å². The number of carbonyl (C=O) groups is 1. The zero-order valence-electron chi connectivity index (χ0n) is 21.3. The Hall–Kier alpha value is -3.64. The lowest BCUT2D eigenvalue weighted by atomic mass is 10.2. The summed E-state index contributed by atoms with van der Waals surface area (Å²) in [6, 6.07) is 13.7. The zero-order valence-corrected chi connectivity index (χ0v) is 22.9. The zero-order chi connectivity index (χ0) is 28.2. The highest BCUT2D eigenvalue weighted by Crippen LogP contribution is 2.34. The van der Waals surface area contributed by atoms with Crippen LogP contribution in [-0.4, -0.2) is 30.8 Å². The van der Waals surface area contributed by atoms with Crippen LogP contribution < -0.4 is 9.64 Å². The molecule has 0 aliphatic carbocycles. The molecule has 0 amide bonds. The second kappa shape index (κ2) is 11.6. The van der Waals surface area contributed by atoms with Gasteiger partial charge in [-0.05, 0) is 56.7 Å². The van der Waals surface area contributed by atoms with Gasteiger partial charge >= 0.3 is 12.1 Å². The van der Waals surface area contributed by atoms with Crippen LogP contribution in [0.3, 0.4) is 0 Å². The molecule has 0 fully saturated rings. The Morgan fingerprint density at radius 1 is 1.08 bits per heavy atom. The minimum absolute atomic E-state index is 0.00789. The maximum atomic E-state index is 13.1. The summed E-state index contributed by atoms with van der Waals surface area (Å²) in [6.45, 7) is 6.08. The van der Waals surface area contributed by atoms with Crippen molar-refractivity contribution in [3.8, 4) is 11.6 Å². The molecule has 2 aromatic carbocycles. The van der Waals surface area contributed by atoms with Gasteiger partial charge < -0.3 is 14.7 Å². The van der Waals surface area contributed by atoms with Crippen LogP contribution in [0, 0.1) is 6.92 Å². The van der Waals surface area contributed by atoms with Gasteiger partial charge in [0.25, 0.3) is 0 Å². The number of nitrogens with zero attached hydrogens (tertiary/aromatic N) is 4. The molecule has 2 aromatic heterocycles. The summed E-state index contributed by atoms with van der Waals surface area (Å²) in [5.41, 5.74) is 0.966. The van der Waals surface area contributed by atoms with E-state index in [4.69, 9.17) is 4.74 Å². The molecular weight excluding hydrogens is 549 g/mol. The Labute approximate surface area is 231 Å². The van der Waals surface area contributed by atoms with Crippen molar-refractivity contribution in [2.45, 2.75) is 49.7 Å². The van der Waals surface area contributed by atoms with Crippen LogP contribution in [0.15, 0.2) is 71.2 Å². The van der Waals surface area contributed by atoms with Crippen molar-refractivity contribution in [3.63, 3.8) is 0 Å². The van der Waals surface area contributed by atoms with E-state index in [2.05, 4.69) is 15.0 Å². The Bertz CT molecular complexity index is 1440. The minimum Gasteiger partial charge on any atom is -0.480 e. The highest BCUT2D eigenvalue weighted by Gasteiger charge is 2.31. The topological polar surface area (TPSA) is 88.4 Å². The molecule has 0 bridgehead atoms. The van der Waals surface area contributed by atoms with E-state index in [0.717, 1.165) is 33.3 Å². The predicted molar refractivity (Wildman–Crippen MR) is 144 cm³/mol. The molecule has 0 saturated carbocycles. The van der Waals surface area contributed by atoms with Crippen molar-refractivity contribution in [1.82, 2.24) is 15.0 Å². The molecule has 0 aliphatic heterocycles.